The normalized spacial score (nSPS) is 30.2. The van der Waals surface area contributed by atoms with Crippen molar-refractivity contribution in [3.63, 3.8) is 0 Å². The third-order valence-electron chi connectivity index (χ3n) is 6.21. The van der Waals surface area contributed by atoms with Crippen LogP contribution < -0.4 is 4.74 Å². The predicted octanol–water partition coefficient (Wildman–Crippen LogP) is 4.83. The first-order valence-electron chi connectivity index (χ1n) is 8.49. The van der Waals surface area contributed by atoms with Crippen LogP contribution in [-0.4, -0.2) is 13.4 Å². The number of hydrogen-bond donors (Lipinski definition) is 0. The summed E-state index contributed by atoms with van der Waals surface area (Å²) in [5.74, 6) is 1.83. The molecule has 3 unspecified atom stereocenters. The Hall–Kier alpha value is -1.83. The molecule has 3 atom stereocenters. The molecular weight excluding hydrogens is 284 g/mol. The standard InChI is InChI=1S/C21H26O2/c1-14-5-10-20(21(14,3)11-12-22)19-8-6-16-13-17(23-4)7-9-18(16)15(19)2/h7,9,12-13,19-20H,1-2,5-6,8,10-11H2,3-4H3. The largest absolute Gasteiger partial charge is 0.497 e. The van der Waals surface area contributed by atoms with Gasteiger partial charge in [-0.25, -0.2) is 0 Å². The number of ether oxygens (including phenoxy) is 1. The molecule has 0 aromatic heterocycles. The molecule has 0 saturated heterocycles. The monoisotopic (exact) mass is 310 g/mol. The fraction of sp³-hybridized carbons (Fsp3) is 0.476. The lowest BCUT2D eigenvalue weighted by atomic mass is 9.64. The van der Waals surface area contributed by atoms with Gasteiger partial charge in [0.15, 0.2) is 0 Å². The number of carbonyl (C=O) groups excluding carboxylic acids is 1. The van der Waals surface area contributed by atoms with E-state index in [1.54, 1.807) is 7.11 Å². The molecule has 3 rings (SSSR count). The lowest BCUT2D eigenvalue weighted by molar-refractivity contribution is -0.109. The summed E-state index contributed by atoms with van der Waals surface area (Å²) in [5, 5.41) is 0. The van der Waals surface area contributed by atoms with Crippen LogP contribution >= 0.6 is 0 Å². The average Bonchev–Trinajstić information content (AvgIpc) is 2.83. The summed E-state index contributed by atoms with van der Waals surface area (Å²) in [4.78, 5) is 11.2. The zero-order chi connectivity index (χ0) is 16.6. The first-order valence-corrected chi connectivity index (χ1v) is 8.49. The van der Waals surface area contributed by atoms with Crippen LogP contribution in [0.25, 0.3) is 5.57 Å². The number of carbonyl (C=O) groups is 1. The molecule has 0 amide bonds. The van der Waals surface area contributed by atoms with E-state index in [2.05, 4.69) is 32.2 Å². The number of hydrogen-bond acceptors (Lipinski definition) is 2. The molecule has 122 valence electrons. The van der Waals surface area contributed by atoms with Gasteiger partial charge >= 0.3 is 0 Å². The number of methoxy groups -OCH3 is 1. The van der Waals surface area contributed by atoms with Crippen LogP contribution in [0.15, 0.2) is 36.9 Å². The second-order valence-electron chi connectivity index (χ2n) is 7.23. The Morgan fingerprint density at radius 2 is 2.09 bits per heavy atom. The minimum atomic E-state index is -0.0701. The van der Waals surface area contributed by atoms with Gasteiger partial charge in [-0.3, -0.25) is 0 Å². The van der Waals surface area contributed by atoms with Crippen molar-refractivity contribution >= 4 is 11.9 Å². The Bertz CT molecular complexity index is 658. The van der Waals surface area contributed by atoms with Crippen molar-refractivity contribution in [2.75, 3.05) is 7.11 Å². The molecule has 0 radical (unpaired) electrons. The lowest BCUT2D eigenvalue weighted by Crippen LogP contribution is -2.32. The van der Waals surface area contributed by atoms with Crippen LogP contribution in [-0.2, 0) is 11.2 Å². The summed E-state index contributed by atoms with van der Waals surface area (Å²) in [6, 6.07) is 6.29. The zero-order valence-electron chi connectivity index (χ0n) is 14.2. The van der Waals surface area contributed by atoms with Crippen LogP contribution in [0, 0.1) is 17.3 Å². The molecule has 2 nitrogen and oxygen atoms in total. The molecule has 0 heterocycles. The second kappa shape index (κ2) is 5.99. The van der Waals surface area contributed by atoms with Crippen LogP contribution in [0.5, 0.6) is 5.75 Å². The van der Waals surface area contributed by atoms with Crippen molar-refractivity contribution in [2.45, 2.75) is 39.0 Å². The molecule has 0 N–H and O–H groups in total. The first kappa shape index (κ1) is 16.0. The van der Waals surface area contributed by atoms with Crippen molar-refractivity contribution in [3.8, 4) is 5.75 Å². The van der Waals surface area contributed by atoms with E-state index < -0.39 is 0 Å². The van der Waals surface area contributed by atoms with Gasteiger partial charge in [0, 0.05) is 6.42 Å². The lowest BCUT2D eigenvalue weighted by Gasteiger charge is -2.40. The summed E-state index contributed by atoms with van der Waals surface area (Å²) in [7, 11) is 1.71. The smallest absolute Gasteiger partial charge is 0.120 e. The Balaban J connectivity index is 1.91. The molecule has 0 aliphatic heterocycles. The summed E-state index contributed by atoms with van der Waals surface area (Å²) in [5.41, 5.74) is 5.00. The molecule has 1 aromatic carbocycles. The zero-order valence-corrected chi connectivity index (χ0v) is 14.2. The average molecular weight is 310 g/mol. The number of rotatable bonds is 4. The quantitative estimate of drug-likeness (QED) is 0.588. The van der Waals surface area contributed by atoms with Crippen molar-refractivity contribution in [1.29, 1.82) is 0 Å². The Morgan fingerprint density at radius 1 is 1.30 bits per heavy atom. The molecule has 1 fully saturated rings. The first-order chi connectivity index (χ1) is 11.0. The maximum absolute atomic E-state index is 11.2. The molecular formula is C21H26O2. The minimum absolute atomic E-state index is 0.0701. The second-order valence-corrected chi connectivity index (χ2v) is 7.23. The van der Waals surface area contributed by atoms with Crippen molar-refractivity contribution in [2.24, 2.45) is 17.3 Å². The number of aryl methyl sites for hydroxylation is 1. The number of aldehydes is 1. The number of allylic oxidation sites excluding steroid dienone is 2. The van der Waals surface area contributed by atoms with E-state index >= 15 is 0 Å². The van der Waals surface area contributed by atoms with Gasteiger partial charge in [0.1, 0.15) is 12.0 Å². The molecule has 23 heavy (non-hydrogen) atoms. The van der Waals surface area contributed by atoms with Crippen LogP contribution in [0.3, 0.4) is 0 Å². The number of benzene rings is 1. The molecule has 1 aromatic rings. The summed E-state index contributed by atoms with van der Waals surface area (Å²) < 4.78 is 5.34. The highest BCUT2D eigenvalue weighted by Crippen LogP contribution is 2.56. The summed E-state index contributed by atoms with van der Waals surface area (Å²) in [6.45, 7) is 10.9. The summed E-state index contributed by atoms with van der Waals surface area (Å²) >= 11 is 0. The van der Waals surface area contributed by atoms with Crippen molar-refractivity contribution in [3.05, 3.63) is 48.1 Å². The fourth-order valence-electron chi connectivity index (χ4n) is 4.66. The Labute approximate surface area is 139 Å². The Morgan fingerprint density at radius 3 is 2.78 bits per heavy atom. The van der Waals surface area contributed by atoms with E-state index in [9.17, 15) is 4.79 Å². The molecule has 1 saturated carbocycles. The maximum atomic E-state index is 11.2. The SMILES string of the molecule is C=C1c2ccc(OC)cc2CCC1C1CCC(=C)C1(C)CC=O. The van der Waals surface area contributed by atoms with Gasteiger partial charge in [-0.2, -0.15) is 0 Å². The highest BCUT2D eigenvalue weighted by molar-refractivity contribution is 5.71. The highest BCUT2D eigenvalue weighted by atomic mass is 16.5. The van der Waals surface area contributed by atoms with E-state index in [-0.39, 0.29) is 5.41 Å². The van der Waals surface area contributed by atoms with Gasteiger partial charge in [-0.1, -0.05) is 31.7 Å². The van der Waals surface area contributed by atoms with Gasteiger partial charge < -0.3 is 9.53 Å². The van der Waals surface area contributed by atoms with Crippen LogP contribution in [0.4, 0.5) is 0 Å². The fourth-order valence-corrected chi connectivity index (χ4v) is 4.66. The van der Waals surface area contributed by atoms with E-state index in [4.69, 9.17) is 4.74 Å². The van der Waals surface area contributed by atoms with Gasteiger partial charge in [0.05, 0.1) is 7.11 Å². The van der Waals surface area contributed by atoms with Gasteiger partial charge in [0.25, 0.3) is 0 Å². The van der Waals surface area contributed by atoms with Gasteiger partial charge in [-0.05, 0) is 71.8 Å². The third-order valence-corrected chi connectivity index (χ3v) is 6.21. The predicted molar refractivity (Wildman–Crippen MR) is 94.5 cm³/mol. The topological polar surface area (TPSA) is 26.3 Å². The Kier molecular flexibility index (Phi) is 4.18. The minimum Gasteiger partial charge on any atom is -0.497 e. The number of fused-ring (bicyclic) bond motifs is 1. The van der Waals surface area contributed by atoms with E-state index in [1.807, 2.05) is 6.07 Å². The van der Waals surface area contributed by atoms with E-state index in [0.29, 0.717) is 18.3 Å². The summed E-state index contributed by atoms with van der Waals surface area (Å²) in [6.07, 6.45) is 5.96. The third kappa shape index (κ3) is 2.54. The molecule has 2 aliphatic carbocycles. The van der Waals surface area contributed by atoms with Gasteiger partial charge in [-0.15, -0.1) is 0 Å². The molecule has 0 spiro atoms. The van der Waals surface area contributed by atoms with Crippen molar-refractivity contribution in [1.82, 2.24) is 0 Å². The van der Waals surface area contributed by atoms with E-state index in [0.717, 1.165) is 37.7 Å². The molecule has 0 bridgehead atoms. The van der Waals surface area contributed by atoms with E-state index in [1.165, 1.54) is 22.3 Å². The molecule has 2 aliphatic rings. The van der Waals surface area contributed by atoms with Crippen LogP contribution in [0.1, 0.15) is 43.7 Å². The van der Waals surface area contributed by atoms with Crippen molar-refractivity contribution < 1.29 is 9.53 Å². The maximum Gasteiger partial charge on any atom is 0.120 e. The van der Waals surface area contributed by atoms with Gasteiger partial charge in [0.2, 0.25) is 0 Å². The highest BCUT2D eigenvalue weighted by Gasteiger charge is 2.46. The molecule has 2 heteroatoms. The van der Waals surface area contributed by atoms with Crippen LogP contribution in [0.2, 0.25) is 0 Å².